The number of carbonyl (C=O) groups excluding carboxylic acids is 3. The van der Waals surface area contributed by atoms with Crippen LogP contribution in [-0.2, 0) is 14.4 Å². The topological polar surface area (TPSA) is 110 Å². The Morgan fingerprint density at radius 1 is 1.22 bits per heavy atom. The third kappa shape index (κ3) is 3.89. The van der Waals surface area contributed by atoms with E-state index in [1.165, 1.54) is 17.0 Å². The molecule has 1 saturated heterocycles. The molecule has 2 aliphatic rings. The molecule has 8 nitrogen and oxygen atoms in total. The van der Waals surface area contributed by atoms with Crippen LogP contribution in [0.3, 0.4) is 0 Å². The number of anilines is 1. The molecule has 1 heterocycles. The number of non-ortho nitro benzene ring substituents is 1. The molecule has 0 saturated carbocycles. The average Bonchev–Trinajstić information content (AvgIpc) is 2.88. The van der Waals surface area contributed by atoms with Crippen LogP contribution in [0.2, 0.25) is 0 Å². The molecule has 0 aromatic heterocycles. The second-order valence-corrected chi connectivity index (χ2v) is 6.89. The summed E-state index contributed by atoms with van der Waals surface area (Å²) in [5.74, 6) is -1.13. The minimum absolute atomic E-state index is 0.0969. The molecule has 1 aliphatic carbocycles. The van der Waals surface area contributed by atoms with Crippen molar-refractivity contribution < 1.29 is 19.3 Å². The molecule has 2 atom stereocenters. The van der Waals surface area contributed by atoms with Crippen molar-refractivity contribution in [2.45, 2.75) is 32.6 Å². The molecule has 0 bridgehead atoms. The van der Waals surface area contributed by atoms with Gasteiger partial charge in [-0.1, -0.05) is 18.2 Å². The number of aryl methyl sites for hydroxylation is 1. The summed E-state index contributed by atoms with van der Waals surface area (Å²) in [6.45, 7) is 1.96. The standard InChI is InChI=1S/C19H21N3O5/c1-12-8-9-13(22(26)27)11-16(12)20-17(23)7-4-10-21-18(24)14-5-2-3-6-15(14)19(21)25/h2-3,8-9,11,14-15H,4-7,10H2,1H3,(H,20,23). The monoisotopic (exact) mass is 371 g/mol. The highest BCUT2D eigenvalue weighted by molar-refractivity contribution is 6.05. The zero-order valence-electron chi connectivity index (χ0n) is 15.0. The predicted octanol–water partition coefficient (Wildman–Crippen LogP) is 2.57. The van der Waals surface area contributed by atoms with Gasteiger partial charge >= 0.3 is 0 Å². The fraction of sp³-hybridized carbons (Fsp3) is 0.421. The van der Waals surface area contributed by atoms with E-state index in [-0.39, 0.29) is 48.2 Å². The first-order chi connectivity index (χ1) is 12.9. The fourth-order valence-corrected chi connectivity index (χ4v) is 3.56. The molecule has 3 amide bonds. The van der Waals surface area contributed by atoms with Gasteiger partial charge in [0.1, 0.15) is 0 Å². The second kappa shape index (κ2) is 7.69. The lowest BCUT2D eigenvalue weighted by Gasteiger charge is -2.14. The Kier molecular flexibility index (Phi) is 5.34. The maximum atomic E-state index is 12.4. The van der Waals surface area contributed by atoms with E-state index in [4.69, 9.17) is 0 Å². The third-order valence-corrected chi connectivity index (χ3v) is 5.09. The predicted molar refractivity (Wildman–Crippen MR) is 97.8 cm³/mol. The number of carbonyl (C=O) groups is 3. The zero-order valence-corrected chi connectivity index (χ0v) is 15.0. The number of likely N-dealkylation sites (tertiary alicyclic amines) is 1. The first kappa shape index (κ1) is 18.8. The van der Waals surface area contributed by atoms with E-state index in [1.54, 1.807) is 13.0 Å². The van der Waals surface area contributed by atoms with Gasteiger partial charge in [-0.25, -0.2) is 0 Å². The van der Waals surface area contributed by atoms with Gasteiger partial charge in [0, 0.05) is 25.1 Å². The molecule has 0 spiro atoms. The molecule has 3 rings (SSSR count). The third-order valence-electron chi connectivity index (χ3n) is 5.09. The average molecular weight is 371 g/mol. The molecular formula is C19H21N3O5. The maximum Gasteiger partial charge on any atom is 0.271 e. The van der Waals surface area contributed by atoms with Crippen LogP contribution in [0.5, 0.6) is 0 Å². The SMILES string of the molecule is Cc1ccc([N+](=O)[O-])cc1NC(=O)CCCN1C(=O)C2CC=CCC2C1=O. The van der Waals surface area contributed by atoms with Crippen molar-refractivity contribution in [3.63, 3.8) is 0 Å². The Balaban J connectivity index is 1.53. The summed E-state index contributed by atoms with van der Waals surface area (Å²) in [5, 5.41) is 13.5. The number of allylic oxidation sites excluding steroid dienone is 2. The van der Waals surface area contributed by atoms with Crippen molar-refractivity contribution in [2.24, 2.45) is 11.8 Å². The van der Waals surface area contributed by atoms with E-state index in [1.807, 2.05) is 12.2 Å². The van der Waals surface area contributed by atoms with Crippen LogP contribution in [0.1, 0.15) is 31.2 Å². The van der Waals surface area contributed by atoms with Gasteiger partial charge in [-0.05, 0) is 31.7 Å². The van der Waals surface area contributed by atoms with Crippen LogP contribution in [-0.4, -0.2) is 34.1 Å². The highest BCUT2D eigenvalue weighted by Gasteiger charge is 2.46. The minimum Gasteiger partial charge on any atom is -0.326 e. The number of fused-ring (bicyclic) bond motifs is 1. The highest BCUT2D eigenvalue weighted by atomic mass is 16.6. The van der Waals surface area contributed by atoms with Crippen LogP contribution < -0.4 is 5.32 Å². The maximum absolute atomic E-state index is 12.4. The summed E-state index contributed by atoms with van der Waals surface area (Å²) in [6, 6.07) is 4.27. The fourth-order valence-electron chi connectivity index (χ4n) is 3.56. The van der Waals surface area contributed by atoms with Gasteiger partial charge in [-0.2, -0.15) is 0 Å². The summed E-state index contributed by atoms with van der Waals surface area (Å²) in [6.07, 6.45) is 5.53. The van der Waals surface area contributed by atoms with Crippen molar-refractivity contribution in [1.82, 2.24) is 4.90 Å². The molecule has 2 unspecified atom stereocenters. The zero-order chi connectivity index (χ0) is 19.6. The largest absolute Gasteiger partial charge is 0.326 e. The van der Waals surface area contributed by atoms with Crippen molar-refractivity contribution >= 4 is 29.1 Å². The van der Waals surface area contributed by atoms with Crippen molar-refractivity contribution in [1.29, 1.82) is 0 Å². The normalized spacial score (nSPS) is 21.3. The summed E-state index contributed by atoms with van der Waals surface area (Å²) < 4.78 is 0. The van der Waals surface area contributed by atoms with E-state index in [9.17, 15) is 24.5 Å². The van der Waals surface area contributed by atoms with Crippen LogP contribution in [0.15, 0.2) is 30.4 Å². The Morgan fingerprint density at radius 2 is 1.85 bits per heavy atom. The number of hydrogen-bond donors (Lipinski definition) is 1. The van der Waals surface area contributed by atoms with E-state index in [0.29, 0.717) is 24.9 Å². The van der Waals surface area contributed by atoms with Gasteiger partial charge in [0.2, 0.25) is 17.7 Å². The Morgan fingerprint density at radius 3 is 2.44 bits per heavy atom. The molecule has 1 aromatic carbocycles. The molecule has 0 radical (unpaired) electrons. The van der Waals surface area contributed by atoms with Crippen molar-refractivity contribution in [3.05, 3.63) is 46.0 Å². The number of amides is 3. The molecule has 142 valence electrons. The Labute approximate surface area is 156 Å². The highest BCUT2D eigenvalue weighted by Crippen LogP contribution is 2.35. The summed E-state index contributed by atoms with van der Waals surface area (Å²) in [5.41, 5.74) is 1.01. The molecule has 27 heavy (non-hydrogen) atoms. The van der Waals surface area contributed by atoms with Crippen LogP contribution in [0.4, 0.5) is 11.4 Å². The van der Waals surface area contributed by atoms with E-state index < -0.39 is 4.92 Å². The first-order valence-corrected chi connectivity index (χ1v) is 8.93. The quantitative estimate of drug-likeness (QED) is 0.358. The Hall–Kier alpha value is -3.03. The lowest BCUT2D eigenvalue weighted by atomic mass is 9.85. The molecule has 1 aliphatic heterocycles. The van der Waals surface area contributed by atoms with Gasteiger partial charge in [0.25, 0.3) is 5.69 Å². The van der Waals surface area contributed by atoms with E-state index in [0.717, 1.165) is 5.56 Å². The van der Waals surface area contributed by atoms with Crippen molar-refractivity contribution in [3.8, 4) is 0 Å². The first-order valence-electron chi connectivity index (χ1n) is 8.93. The van der Waals surface area contributed by atoms with Gasteiger partial charge in [0.15, 0.2) is 0 Å². The number of rotatable bonds is 6. The summed E-state index contributed by atoms with van der Waals surface area (Å²) in [4.78, 5) is 48.5. The van der Waals surface area contributed by atoms with Gasteiger partial charge < -0.3 is 5.32 Å². The van der Waals surface area contributed by atoms with Gasteiger partial charge in [0.05, 0.1) is 22.4 Å². The lowest BCUT2D eigenvalue weighted by molar-refractivity contribution is -0.384. The summed E-state index contributed by atoms with van der Waals surface area (Å²) >= 11 is 0. The number of nitro benzene ring substituents is 1. The molecule has 1 fully saturated rings. The van der Waals surface area contributed by atoms with Gasteiger partial charge in [-0.15, -0.1) is 0 Å². The summed E-state index contributed by atoms with van der Waals surface area (Å²) in [7, 11) is 0. The number of benzene rings is 1. The second-order valence-electron chi connectivity index (χ2n) is 6.89. The smallest absolute Gasteiger partial charge is 0.271 e. The number of imide groups is 1. The van der Waals surface area contributed by atoms with E-state index in [2.05, 4.69) is 5.32 Å². The minimum atomic E-state index is -0.520. The van der Waals surface area contributed by atoms with Gasteiger partial charge in [-0.3, -0.25) is 29.4 Å². The van der Waals surface area contributed by atoms with Crippen LogP contribution in [0, 0.1) is 28.9 Å². The molecule has 1 aromatic rings. The number of nitrogens with zero attached hydrogens (tertiary/aromatic N) is 2. The van der Waals surface area contributed by atoms with Crippen LogP contribution in [0.25, 0.3) is 0 Å². The van der Waals surface area contributed by atoms with Crippen molar-refractivity contribution in [2.75, 3.05) is 11.9 Å². The lowest BCUT2D eigenvalue weighted by Crippen LogP contribution is -2.32. The van der Waals surface area contributed by atoms with E-state index >= 15 is 0 Å². The number of hydrogen-bond acceptors (Lipinski definition) is 5. The molecular weight excluding hydrogens is 350 g/mol. The Bertz CT molecular complexity index is 807. The number of nitrogens with one attached hydrogen (secondary N) is 1. The molecule has 8 heteroatoms. The van der Waals surface area contributed by atoms with Crippen LogP contribution >= 0.6 is 0 Å². The molecule has 1 N–H and O–H groups in total. The number of nitro groups is 1.